The smallest absolute Gasteiger partial charge is 0.101 e. The van der Waals surface area contributed by atoms with Crippen molar-refractivity contribution < 1.29 is 0 Å². The molecule has 9 aromatic rings. The molecule has 0 fully saturated rings. The summed E-state index contributed by atoms with van der Waals surface area (Å²) in [5, 5.41) is 26.9. The van der Waals surface area contributed by atoms with Crippen LogP contribution in [0, 0.1) is 22.7 Å². The largest absolute Gasteiger partial charge is 0.308 e. The second-order valence-corrected chi connectivity index (χ2v) is 11.8. The molecule has 43 heavy (non-hydrogen) atoms. The molecule has 0 N–H and O–H groups in total. The average molecular weight is 565 g/mol. The summed E-state index contributed by atoms with van der Waals surface area (Å²) in [5.41, 5.74) is 7.36. The first-order chi connectivity index (χ1) is 21.3. The SMILES string of the molecule is N#Cc1cccc2c3ccccc3n(-c3ccc4sc5cccc(-n6c7ccccc7c7cccc(C#N)c76)c5c4c3)c12. The number of aromatic nitrogens is 2. The monoisotopic (exact) mass is 564 g/mol. The van der Waals surface area contributed by atoms with E-state index in [0.29, 0.717) is 11.1 Å². The molecular weight excluding hydrogens is 545 g/mol. The number of para-hydroxylation sites is 4. The van der Waals surface area contributed by atoms with Gasteiger partial charge in [0.2, 0.25) is 0 Å². The number of benzene rings is 6. The predicted molar refractivity (Wildman–Crippen MR) is 177 cm³/mol. The minimum atomic E-state index is 0.652. The molecule has 3 heterocycles. The van der Waals surface area contributed by atoms with E-state index in [1.54, 1.807) is 11.3 Å². The van der Waals surface area contributed by atoms with Gasteiger partial charge in [0, 0.05) is 47.4 Å². The Morgan fingerprint density at radius 2 is 1.07 bits per heavy atom. The van der Waals surface area contributed by atoms with Crippen molar-refractivity contribution in [2.75, 3.05) is 0 Å². The summed E-state index contributed by atoms with van der Waals surface area (Å²) in [7, 11) is 0. The summed E-state index contributed by atoms with van der Waals surface area (Å²) < 4.78 is 6.86. The zero-order valence-electron chi connectivity index (χ0n) is 22.7. The molecule has 0 saturated carbocycles. The fourth-order valence-corrected chi connectivity index (χ4v) is 7.96. The maximum Gasteiger partial charge on any atom is 0.101 e. The molecule has 0 bridgehead atoms. The first kappa shape index (κ1) is 23.8. The molecule has 6 aromatic carbocycles. The lowest BCUT2D eigenvalue weighted by molar-refractivity contribution is 1.18. The second kappa shape index (κ2) is 8.81. The van der Waals surface area contributed by atoms with Crippen LogP contribution < -0.4 is 0 Å². The zero-order valence-corrected chi connectivity index (χ0v) is 23.6. The number of nitriles is 2. The van der Waals surface area contributed by atoms with Crippen LogP contribution in [-0.2, 0) is 0 Å². The van der Waals surface area contributed by atoms with Crippen molar-refractivity contribution in [2.45, 2.75) is 0 Å². The van der Waals surface area contributed by atoms with Crippen LogP contribution in [0.4, 0.5) is 0 Å². The number of rotatable bonds is 2. The van der Waals surface area contributed by atoms with Crippen molar-refractivity contribution in [2.24, 2.45) is 0 Å². The lowest BCUT2D eigenvalue weighted by Gasteiger charge is -2.12. The zero-order chi connectivity index (χ0) is 28.7. The van der Waals surface area contributed by atoms with Crippen LogP contribution in [-0.4, -0.2) is 9.13 Å². The van der Waals surface area contributed by atoms with E-state index in [0.717, 1.165) is 65.8 Å². The van der Waals surface area contributed by atoms with E-state index >= 15 is 0 Å². The van der Waals surface area contributed by atoms with Crippen LogP contribution in [0.1, 0.15) is 11.1 Å². The molecule has 4 nitrogen and oxygen atoms in total. The Morgan fingerprint density at radius 1 is 0.488 bits per heavy atom. The number of thiophene rings is 1. The molecule has 0 saturated heterocycles. The molecule has 0 amide bonds. The Morgan fingerprint density at radius 3 is 1.74 bits per heavy atom. The topological polar surface area (TPSA) is 57.4 Å². The Bertz CT molecular complexity index is 2710. The van der Waals surface area contributed by atoms with Gasteiger partial charge in [-0.25, -0.2) is 0 Å². The van der Waals surface area contributed by atoms with Gasteiger partial charge in [0.05, 0.1) is 38.9 Å². The molecule has 9 rings (SSSR count). The van der Waals surface area contributed by atoms with Crippen LogP contribution in [0.15, 0.2) is 121 Å². The van der Waals surface area contributed by atoms with Crippen molar-refractivity contribution in [3.05, 3.63) is 132 Å². The minimum Gasteiger partial charge on any atom is -0.308 e. The number of hydrogen-bond acceptors (Lipinski definition) is 3. The van der Waals surface area contributed by atoms with Crippen LogP contribution in [0.25, 0.3) is 75.2 Å². The minimum absolute atomic E-state index is 0.652. The van der Waals surface area contributed by atoms with Gasteiger partial charge < -0.3 is 9.13 Å². The normalized spacial score (nSPS) is 11.7. The summed E-state index contributed by atoms with van der Waals surface area (Å²) in [4.78, 5) is 0. The highest BCUT2D eigenvalue weighted by Crippen LogP contribution is 2.43. The Balaban J connectivity index is 1.42. The van der Waals surface area contributed by atoms with E-state index in [4.69, 9.17) is 0 Å². The predicted octanol–water partition coefficient (Wildman–Crippen LogP) is 9.99. The van der Waals surface area contributed by atoms with Crippen molar-refractivity contribution in [3.8, 4) is 23.5 Å². The second-order valence-electron chi connectivity index (χ2n) is 10.8. The molecule has 0 unspecified atom stereocenters. The molecule has 0 atom stereocenters. The molecule has 0 spiro atoms. The van der Waals surface area contributed by atoms with Gasteiger partial charge in [-0.2, -0.15) is 10.5 Å². The third kappa shape index (κ3) is 3.17. The van der Waals surface area contributed by atoms with Gasteiger partial charge in [0.15, 0.2) is 0 Å². The van der Waals surface area contributed by atoms with Crippen molar-refractivity contribution in [1.29, 1.82) is 10.5 Å². The first-order valence-electron chi connectivity index (χ1n) is 14.1. The third-order valence-electron chi connectivity index (χ3n) is 8.59. The van der Waals surface area contributed by atoms with E-state index in [-0.39, 0.29) is 0 Å². The Kier molecular flexibility index (Phi) is 4.87. The van der Waals surface area contributed by atoms with Gasteiger partial charge in [-0.1, -0.05) is 66.7 Å². The average Bonchev–Trinajstić information content (AvgIpc) is 3.72. The number of fused-ring (bicyclic) bond motifs is 9. The molecule has 0 radical (unpaired) electrons. The van der Waals surface area contributed by atoms with E-state index < -0.39 is 0 Å². The lowest BCUT2D eigenvalue weighted by Crippen LogP contribution is -1.97. The van der Waals surface area contributed by atoms with E-state index in [1.165, 1.54) is 9.40 Å². The van der Waals surface area contributed by atoms with Gasteiger partial charge in [0.25, 0.3) is 0 Å². The van der Waals surface area contributed by atoms with Crippen molar-refractivity contribution in [1.82, 2.24) is 9.13 Å². The third-order valence-corrected chi connectivity index (χ3v) is 9.72. The summed E-state index contributed by atoms with van der Waals surface area (Å²) in [6.07, 6.45) is 0. The molecule has 3 aromatic heterocycles. The quantitative estimate of drug-likeness (QED) is 0.210. The molecule has 198 valence electrons. The summed E-state index contributed by atoms with van der Waals surface area (Å²) in [5.74, 6) is 0. The molecule has 0 aliphatic heterocycles. The van der Waals surface area contributed by atoms with Gasteiger partial charge in [-0.05, 0) is 54.6 Å². The molecular formula is C38H20N4S. The standard InChI is InChI=1S/C38H20N4S/c39-21-23-8-5-12-28-26-10-1-3-14-31(26)41(37(23)28)25-18-19-34-30(20-25)36-33(16-7-17-35(36)43-34)42-32-15-4-2-11-27(32)29-13-6-9-24(22-40)38(29)42/h1-20H. The number of hydrogen-bond donors (Lipinski definition) is 0. The van der Waals surface area contributed by atoms with Crippen molar-refractivity contribution in [3.63, 3.8) is 0 Å². The number of nitrogens with zero attached hydrogens (tertiary/aromatic N) is 4. The summed E-state index contributed by atoms with van der Waals surface area (Å²) in [6.45, 7) is 0. The Hall–Kier alpha value is -5.88. The lowest BCUT2D eigenvalue weighted by atomic mass is 10.1. The molecule has 5 heteroatoms. The van der Waals surface area contributed by atoms with Gasteiger partial charge in [-0.15, -0.1) is 11.3 Å². The van der Waals surface area contributed by atoms with E-state index in [2.05, 4.69) is 112 Å². The fraction of sp³-hybridized carbons (Fsp3) is 0. The van der Waals surface area contributed by atoms with Crippen LogP contribution in [0.3, 0.4) is 0 Å². The van der Waals surface area contributed by atoms with Crippen molar-refractivity contribution >= 4 is 75.1 Å². The van der Waals surface area contributed by atoms with Gasteiger partial charge >= 0.3 is 0 Å². The van der Waals surface area contributed by atoms with E-state index in [9.17, 15) is 10.5 Å². The summed E-state index contributed by atoms with van der Waals surface area (Å²) in [6, 6.07) is 46.6. The molecule has 0 aliphatic rings. The highest BCUT2D eigenvalue weighted by molar-refractivity contribution is 7.25. The maximum atomic E-state index is 10.1. The van der Waals surface area contributed by atoms with Crippen LogP contribution in [0.5, 0.6) is 0 Å². The fourth-order valence-electron chi connectivity index (χ4n) is 6.86. The van der Waals surface area contributed by atoms with Gasteiger partial charge in [-0.3, -0.25) is 0 Å². The van der Waals surface area contributed by atoms with Crippen LogP contribution in [0.2, 0.25) is 0 Å². The first-order valence-corrected chi connectivity index (χ1v) is 14.9. The van der Waals surface area contributed by atoms with Gasteiger partial charge in [0.1, 0.15) is 12.1 Å². The highest BCUT2D eigenvalue weighted by atomic mass is 32.1. The summed E-state index contributed by atoms with van der Waals surface area (Å²) >= 11 is 1.77. The van der Waals surface area contributed by atoms with Crippen LogP contribution >= 0.6 is 11.3 Å². The highest BCUT2D eigenvalue weighted by Gasteiger charge is 2.20. The van der Waals surface area contributed by atoms with E-state index in [1.807, 2.05) is 30.3 Å². The maximum absolute atomic E-state index is 10.1. The Labute approximate surface area is 250 Å². The molecule has 0 aliphatic carbocycles.